The third-order valence-electron chi connectivity index (χ3n) is 2.89. The molecule has 0 aromatic carbocycles. The van der Waals surface area contributed by atoms with Gasteiger partial charge < -0.3 is 4.52 Å². The van der Waals surface area contributed by atoms with Gasteiger partial charge in [-0.15, -0.1) is 0 Å². The molecule has 0 saturated carbocycles. The Kier molecular flexibility index (Phi) is 4.43. The van der Waals surface area contributed by atoms with Gasteiger partial charge in [0, 0.05) is 18.0 Å². The van der Waals surface area contributed by atoms with Crippen LogP contribution in [0, 0.1) is 6.92 Å². The van der Waals surface area contributed by atoms with E-state index < -0.39 is 15.6 Å². The van der Waals surface area contributed by atoms with Crippen LogP contribution in [0.1, 0.15) is 36.8 Å². The number of hydrogen-bond acceptors (Lipinski definition) is 6. The lowest BCUT2D eigenvalue weighted by atomic mass is 10.1. The first kappa shape index (κ1) is 16.3. The molecule has 22 heavy (non-hydrogen) atoms. The number of aryl methyl sites for hydroxylation is 1. The third kappa shape index (κ3) is 4.22. The monoisotopic (exact) mass is 322 g/mol. The van der Waals surface area contributed by atoms with Crippen LogP contribution in [0.3, 0.4) is 0 Å². The Labute approximate surface area is 129 Å². The molecule has 0 atom stereocenters. The molecular formula is C14H18N4O3S. The highest BCUT2D eigenvalue weighted by Gasteiger charge is 2.29. The summed E-state index contributed by atoms with van der Waals surface area (Å²) in [4.78, 5) is 8.38. The van der Waals surface area contributed by atoms with Gasteiger partial charge in [-0.25, -0.2) is 13.1 Å². The van der Waals surface area contributed by atoms with Crippen LogP contribution in [0.4, 0.5) is 0 Å². The molecule has 0 spiro atoms. The zero-order valence-corrected chi connectivity index (χ0v) is 13.7. The van der Waals surface area contributed by atoms with Crippen LogP contribution in [0.5, 0.6) is 0 Å². The molecule has 0 unspecified atom stereocenters. The molecule has 0 saturated heterocycles. The molecule has 0 aliphatic heterocycles. The summed E-state index contributed by atoms with van der Waals surface area (Å²) >= 11 is 0. The summed E-state index contributed by atoms with van der Waals surface area (Å²) in [5, 5.41) is 3.83. The summed E-state index contributed by atoms with van der Waals surface area (Å²) in [6.07, 6.45) is 6.28. The van der Waals surface area contributed by atoms with Gasteiger partial charge in [0.2, 0.25) is 10.0 Å². The summed E-state index contributed by atoms with van der Waals surface area (Å²) in [5.74, 6) is 0.558. The molecule has 0 aliphatic rings. The summed E-state index contributed by atoms with van der Waals surface area (Å²) in [6, 6.07) is 3.76. The molecule has 7 nitrogen and oxygen atoms in total. The van der Waals surface area contributed by atoms with Crippen molar-refractivity contribution in [2.75, 3.05) is 6.26 Å². The number of rotatable bonds is 5. The van der Waals surface area contributed by atoms with Crippen molar-refractivity contribution in [1.82, 2.24) is 19.8 Å². The van der Waals surface area contributed by atoms with Gasteiger partial charge in [0.15, 0.2) is 5.82 Å². The van der Waals surface area contributed by atoms with E-state index in [4.69, 9.17) is 4.52 Å². The summed E-state index contributed by atoms with van der Waals surface area (Å²) in [5.41, 5.74) is 0.876. The van der Waals surface area contributed by atoms with Crippen molar-refractivity contribution in [3.8, 4) is 0 Å². The Morgan fingerprint density at radius 2 is 2.05 bits per heavy atom. The predicted octanol–water partition coefficient (Wildman–Crippen LogP) is 1.73. The molecule has 2 rings (SSSR count). The second-order valence-electron chi connectivity index (χ2n) is 5.47. The Bertz CT molecular complexity index is 794. The molecule has 8 heteroatoms. The van der Waals surface area contributed by atoms with E-state index in [1.165, 1.54) is 0 Å². The Balaban J connectivity index is 2.20. The molecule has 2 aromatic rings. The van der Waals surface area contributed by atoms with Gasteiger partial charge in [-0.2, -0.15) is 4.98 Å². The standard InChI is InChI=1S/C14H18N4O3S/c1-10-11(6-5-9-15-10)7-8-12-16-13(17-21-12)14(2,3)18-22(4,19)20/h5-9,18H,1-4H3/b8-7+. The maximum Gasteiger partial charge on any atom is 0.250 e. The number of nitrogens with zero attached hydrogens (tertiary/aromatic N) is 3. The minimum atomic E-state index is -3.38. The smallest absolute Gasteiger partial charge is 0.250 e. The predicted molar refractivity (Wildman–Crippen MR) is 83.2 cm³/mol. The third-order valence-corrected chi connectivity index (χ3v) is 3.78. The molecule has 0 amide bonds. The maximum absolute atomic E-state index is 11.4. The normalized spacial score (nSPS) is 12.9. The minimum Gasteiger partial charge on any atom is -0.335 e. The number of hydrogen-bond donors (Lipinski definition) is 1. The lowest BCUT2D eigenvalue weighted by molar-refractivity contribution is 0.372. The van der Waals surface area contributed by atoms with E-state index in [1.807, 2.05) is 25.1 Å². The van der Waals surface area contributed by atoms with Gasteiger partial charge in [-0.1, -0.05) is 11.2 Å². The molecule has 0 bridgehead atoms. The van der Waals surface area contributed by atoms with Crippen LogP contribution in [0.15, 0.2) is 22.9 Å². The number of pyridine rings is 1. The highest BCUT2D eigenvalue weighted by atomic mass is 32.2. The molecule has 2 heterocycles. The molecule has 0 radical (unpaired) electrons. The molecule has 1 N–H and O–H groups in total. The summed E-state index contributed by atoms with van der Waals surface area (Å²) in [7, 11) is -3.38. The Hall–Kier alpha value is -2.06. The first-order chi connectivity index (χ1) is 10.2. The van der Waals surface area contributed by atoms with E-state index in [-0.39, 0.29) is 5.82 Å². The minimum absolute atomic E-state index is 0.264. The van der Waals surface area contributed by atoms with Gasteiger partial charge >= 0.3 is 0 Å². The van der Waals surface area contributed by atoms with Gasteiger partial charge in [-0.05, 0) is 38.5 Å². The average molecular weight is 322 g/mol. The van der Waals surface area contributed by atoms with Crippen molar-refractivity contribution < 1.29 is 12.9 Å². The molecule has 118 valence electrons. The van der Waals surface area contributed by atoms with Crippen molar-refractivity contribution >= 4 is 22.2 Å². The van der Waals surface area contributed by atoms with Gasteiger partial charge in [0.25, 0.3) is 5.89 Å². The fraction of sp³-hybridized carbons (Fsp3) is 0.357. The highest BCUT2D eigenvalue weighted by molar-refractivity contribution is 7.88. The lowest BCUT2D eigenvalue weighted by Crippen LogP contribution is -2.41. The largest absolute Gasteiger partial charge is 0.335 e. The zero-order chi connectivity index (χ0) is 16.4. The van der Waals surface area contributed by atoms with E-state index in [2.05, 4.69) is 19.8 Å². The van der Waals surface area contributed by atoms with E-state index in [9.17, 15) is 8.42 Å². The average Bonchev–Trinajstić information content (AvgIpc) is 2.84. The van der Waals surface area contributed by atoms with E-state index in [0.717, 1.165) is 17.5 Å². The van der Waals surface area contributed by atoms with Crippen LogP contribution in [0.2, 0.25) is 0 Å². The van der Waals surface area contributed by atoms with Crippen molar-refractivity contribution in [3.05, 3.63) is 41.3 Å². The van der Waals surface area contributed by atoms with E-state index >= 15 is 0 Å². The van der Waals surface area contributed by atoms with Gasteiger partial charge in [0.05, 0.1) is 11.8 Å². The maximum atomic E-state index is 11.4. The molecular weight excluding hydrogens is 304 g/mol. The highest BCUT2D eigenvalue weighted by Crippen LogP contribution is 2.18. The quantitative estimate of drug-likeness (QED) is 0.900. The first-order valence-electron chi connectivity index (χ1n) is 6.60. The second kappa shape index (κ2) is 5.98. The van der Waals surface area contributed by atoms with Crippen molar-refractivity contribution in [3.63, 3.8) is 0 Å². The Morgan fingerprint density at radius 1 is 1.32 bits per heavy atom. The fourth-order valence-corrected chi connectivity index (χ4v) is 2.92. The SMILES string of the molecule is Cc1ncccc1/C=C/c1nc(C(C)(C)NS(C)(=O)=O)no1. The lowest BCUT2D eigenvalue weighted by Gasteiger charge is -2.20. The van der Waals surface area contributed by atoms with E-state index in [0.29, 0.717) is 5.89 Å². The second-order valence-corrected chi connectivity index (χ2v) is 7.22. The molecule has 0 aliphatic carbocycles. The topological polar surface area (TPSA) is 98.0 Å². The number of aromatic nitrogens is 3. The van der Waals surface area contributed by atoms with Gasteiger partial charge in [-0.3, -0.25) is 4.98 Å². The van der Waals surface area contributed by atoms with Crippen LogP contribution in [0.25, 0.3) is 12.2 Å². The molecule has 2 aromatic heterocycles. The van der Waals surface area contributed by atoms with Crippen molar-refractivity contribution in [1.29, 1.82) is 0 Å². The summed E-state index contributed by atoms with van der Waals surface area (Å²) in [6.45, 7) is 5.23. The van der Waals surface area contributed by atoms with Crippen LogP contribution in [-0.2, 0) is 15.6 Å². The summed E-state index contributed by atoms with van der Waals surface area (Å²) < 4.78 is 30.3. The number of nitrogens with one attached hydrogen (secondary N) is 1. The van der Waals surface area contributed by atoms with Crippen molar-refractivity contribution in [2.45, 2.75) is 26.3 Å². The van der Waals surface area contributed by atoms with Crippen LogP contribution < -0.4 is 4.72 Å². The first-order valence-corrected chi connectivity index (χ1v) is 8.49. The van der Waals surface area contributed by atoms with Gasteiger partial charge in [0.1, 0.15) is 0 Å². The van der Waals surface area contributed by atoms with Crippen molar-refractivity contribution in [2.24, 2.45) is 0 Å². The molecule has 0 fully saturated rings. The number of sulfonamides is 1. The zero-order valence-electron chi connectivity index (χ0n) is 12.9. The fourth-order valence-electron chi connectivity index (χ4n) is 1.90. The van der Waals surface area contributed by atoms with E-state index in [1.54, 1.807) is 26.1 Å². The van der Waals surface area contributed by atoms with Crippen LogP contribution in [-0.4, -0.2) is 29.8 Å². The van der Waals surface area contributed by atoms with Crippen LogP contribution >= 0.6 is 0 Å². The Morgan fingerprint density at radius 3 is 2.68 bits per heavy atom.